The summed E-state index contributed by atoms with van der Waals surface area (Å²) < 4.78 is 0. The Hall–Kier alpha value is -5.45. The Kier molecular flexibility index (Phi) is 10.4. The number of thioether (sulfide) groups is 1. The van der Waals surface area contributed by atoms with E-state index >= 15 is 0 Å². The normalized spacial score (nSPS) is 11.7. The van der Waals surface area contributed by atoms with E-state index in [1.807, 2.05) is 53.9 Å². The summed E-state index contributed by atoms with van der Waals surface area (Å²) in [5.74, 6) is -2.34. The molecule has 5 aromatic rings. The van der Waals surface area contributed by atoms with Gasteiger partial charge in [0.05, 0.1) is 5.56 Å². The zero-order valence-corrected chi connectivity index (χ0v) is 26.2. The Morgan fingerprint density at radius 1 is 0.783 bits per heavy atom. The van der Waals surface area contributed by atoms with Crippen molar-refractivity contribution in [2.24, 2.45) is 0 Å². The Morgan fingerprint density at radius 2 is 1.52 bits per heavy atom. The molecule has 1 unspecified atom stereocenters. The summed E-state index contributed by atoms with van der Waals surface area (Å²) in [6, 6.07) is 33.2. The van der Waals surface area contributed by atoms with Gasteiger partial charge in [-0.1, -0.05) is 66.7 Å². The Balaban J connectivity index is 1.37. The van der Waals surface area contributed by atoms with Crippen molar-refractivity contribution < 1.29 is 24.3 Å². The van der Waals surface area contributed by atoms with Gasteiger partial charge >= 0.3 is 5.97 Å². The van der Waals surface area contributed by atoms with Gasteiger partial charge in [-0.3, -0.25) is 14.4 Å². The van der Waals surface area contributed by atoms with Gasteiger partial charge in [0, 0.05) is 26.7 Å². The van der Waals surface area contributed by atoms with Gasteiger partial charge in [0.15, 0.2) is 0 Å². The number of carboxylic acid groups (broad SMARTS) is 1. The Labute approximate surface area is 274 Å². The molecule has 0 bridgehead atoms. The molecule has 0 aliphatic carbocycles. The molecule has 0 radical (unpaired) electrons. The zero-order valence-electron chi connectivity index (χ0n) is 24.6. The minimum Gasteiger partial charge on any atom is -0.478 e. The highest BCUT2D eigenvalue weighted by atomic mass is 32.2. The van der Waals surface area contributed by atoms with Crippen LogP contribution in [-0.2, 0) is 9.59 Å². The van der Waals surface area contributed by atoms with Gasteiger partial charge in [0.25, 0.3) is 11.8 Å². The number of amides is 3. The number of rotatable bonds is 11. The summed E-state index contributed by atoms with van der Waals surface area (Å²) in [5.41, 5.74) is 2.92. The molecule has 0 saturated carbocycles. The van der Waals surface area contributed by atoms with Gasteiger partial charge in [-0.05, 0) is 78.0 Å². The molecule has 4 aromatic carbocycles. The smallest absolute Gasteiger partial charge is 0.335 e. The van der Waals surface area contributed by atoms with Crippen LogP contribution in [0.25, 0.3) is 6.08 Å². The van der Waals surface area contributed by atoms with E-state index in [9.17, 15) is 24.3 Å². The first-order chi connectivity index (χ1) is 22.3. The number of carboxylic acids is 1. The van der Waals surface area contributed by atoms with Crippen molar-refractivity contribution >= 4 is 64.2 Å². The van der Waals surface area contributed by atoms with Crippen LogP contribution in [0.3, 0.4) is 0 Å². The molecule has 1 heterocycles. The topological polar surface area (TPSA) is 125 Å². The standard InChI is InChI=1S/C36H29N3O5S2/c1-23-17-18-26(36(43)44)20-30(23)38-35(42)32(24-10-4-2-5-11-24)46-29-15-8-14-27(21-29)37-34(41)31(22-28-16-9-19-45-28)39-33(40)25-12-6-3-7-13-25/h2-22,32H,1H3,(H,37,41)(H,38,42)(H,39,40)(H,43,44)/b31-22-. The van der Waals surface area contributed by atoms with Crippen molar-refractivity contribution in [3.8, 4) is 0 Å². The molecular formula is C36H29N3O5S2. The fourth-order valence-electron chi connectivity index (χ4n) is 4.43. The minimum absolute atomic E-state index is 0.0701. The average molecular weight is 648 g/mol. The molecule has 10 heteroatoms. The van der Waals surface area contributed by atoms with Crippen molar-refractivity contribution in [1.29, 1.82) is 0 Å². The van der Waals surface area contributed by atoms with E-state index in [0.717, 1.165) is 16.0 Å². The molecule has 3 amide bonds. The second-order valence-corrected chi connectivity index (χ2v) is 12.3. The molecule has 0 aliphatic rings. The van der Waals surface area contributed by atoms with Crippen LogP contribution in [0.1, 0.15) is 42.0 Å². The summed E-state index contributed by atoms with van der Waals surface area (Å²) >= 11 is 2.72. The largest absolute Gasteiger partial charge is 0.478 e. The summed E-state index contributed by atoms with van der Waals surface area (Å²) in [6.07, 6.45) is 1.62. The predicted octanol–water partition coefficient (Wildman–Crippen LogP) is 7.64. The maximum absolute atomic E-state index is 13.7. The zero-order chi connectivity index (χ0) is 32.5. The Bertz CT molecular complexity index is 1890. The van der Waals surface area contributed by atoms with Gasteiger partial charge < -0.3 is 21.1 Å². The van der Waals surface area contributed by atoms with E-state index in [2.05, 4.69) is 16.0 Å². The number of carbonyl (C=O) groups is 4. The number of carbonyl (C=O) groups excluding carboxylic acids is 3. The van der Waals surface area contributed by atoms with E-state index in [4.69, 9.17) is 0 Å². The third-order valence-electron chi connectivity index (χ3n) is 6.79. The van der Waals surface area contributed by atoms with Crippen LogP contribution < -0.4 is 16.0 Å². The fourth-order valence-corrected chi connectivity index (χ4v) is 6.17. The molecule has 0 saturated heterocycles. The molecule has 4 N–H and O–H groups in total. The van der Waals surface area contributed by atoms with Gasteiger partial charge in [0.2, 0.25) is 5.91 Å². The second kappa shape index (κ2) is 15.0. The maximum Gasteiger partial charge on any atom is 0.335 e. The van der Waals surface area contributed by atoms with E-state index in [0.29, 0.717) is 21.8 Å². The monoisotopic (exact) mass is 647 g/mol. The van der Waals surface area contributed by atoms with E-state index < -0.39 is 23.0 Å². The molecule has 0 spiro atoms. The highest BCUT2D eigenvalue weighted by Crippen LogP contribution is 2.37. The number of nitrogens with one attached hydrogen (secondary N) is 3. The highest BCUT2D eigenvalue weighted by molar-refractivity contribution is 8.00. The van der Waals surface area contributed by atoms with Gasteiger partial charge in [-0.15, -0.1) is 23.1 Å². The highest BCUT2D eigenvalue weighted by Gasteiger charge is 2.24. The number of hydrogen-bond donors (Lipinski definition) is 4. The Morgan fingerprint density at radius 3 is 2.22 bits per heavy atom. The van der Waals surface area contributed by atoms with Crippen molar-refractivity contribution in [2.45, 2.75) is 17.1 Å². The third-order valence-corrected chi connectivity index (χ3v) is 8.85. The first kappa shape index (κ1) is 32.0. The molecule has 0 aliphatic heterocycles. The van der Waals surface area contributed by atoms with Crippen LogP contribution in [0.5, 0.6) is 0 Å². The molecule has 46 heavy (non-hydrogen) atoms. The number of hydrogen-bond acceptors (Lipinski definition) is 6. The van der Waals surface area contributed by atoms with Crippen molar-refractivity contribution in [3.05, 3.63) is 153 Å². The summed E-state index contributed by atoms with van der Waals surface area (Å²) in [5, 5.41) is 19.1. The van der Waals surface area contributed by atoms with Crippen molar-refractivity contribution in [2.75, 3.05) is 10.6 Å². The first-order valence-corrected chi connectivity index (χ1v) is 15.9. The second-order valence-electron chi connectivity index (χ2n) is 10.1. The van der Waals surface area contributed by atoms with Crippen LogP contribution in [0.4, 0.5) is 11.4 Å². The quantitative estimate of drug-likeness (QED) is 0.0863. The number of aromatic carboxylic acids is 1. The molecule has 0 fully saturated rings. The third kappa shape index (κ3) is 8.38. The minimum atomic E-state index is -1.09. The number of benzene rings is 4. The van der Waals surface area contributed by atoms with Crippen LogP contribution >= 0.6 is 23.1 Å². The predicted molar refractivity (Wildman–Crippen MR) is 183 cm³/mol. The van der Waals surface area contributed by atoms with Crippen molar-refractivity contribution in [1.82, 2.24) is 5.32 Å². The van der Waals surface area contributed by atoms with Crippen LogP contribution in [0.15, 0.2) is 131 Å². The van der Waals surface area contributed by atoms with E-state index in [1.54, 1.807) is 67.6 Å². The average Bonchev–Trinajstić information content (AvgIpc) is 3.58. The van der Waals surface area contributed by atoms with E-state index in [-0.39, 0.29) is 17.2 Å². The lowest BCUT2D eigenvalue weighted by molar-refractivity contribution is -0.116. The lowest BCUT2D eigenvalue weighted by Crippen LogP contribution is -2.30. The van der Waals surface area contributed by atoms with Gasteiger partial charge in [-0.2, -0.15) is 0 Å². The summed E-state index contributed by atoms with van der Waals surface area (Å²) in [7, 11) is 0. The van der Waals surface area contributed by atoms with Crippen LogP contribution in [-0.4, -0.2) is 28.8 Å². The molecule has 8 nitrogen and oxygen atoms in total. The molecule has 230 valence electrons. The lowest BCUT2D eigenvalue weighted by atomic mass is 10.1. The number of anilines is 2. The molecule has 1 atom stereocenters. The number of thiophene rings is 1. The van der Waals surface area contributed by atoms with Crippen LogP contribution in [0.2, 0.25) is 0 Å². The summed E-state index contributed by atoms with van der Waals surface area (Å²) in [6.45, 7) is 1.79. The summed E-state index contributed by atoms with van der Waals surface area (Å²) in [4.78, 5) is 53.1. The van der Waals surface area contributed by atoms with Gasteiger partial charge in [-0.25, -0.2) is 4.79 Å². The SMILES string of the molecule is Cc1ccc(C(=O)O)cc1NC(=O)C(Sc1cccc(NC(=O)/C(=C/c2cccs2)NC(=O)c2ccccc2)c1)c1ccccc1. The van der Waals surface area contributed by atoms with Gasteiger partial charge in [0.1, 0.15) is 10.9 Å². The molecule has 1 aromatic heterocycles. The van der Waals surface area contributed by atoms with Crippen molar-refractivity contribution in [3.63, 3.8) is 0 Å². The maximum atomic E-state index is 13.7. The van der Waals surface area contributed by atoms with E-state index in [1.165, 1.54) is 35.2 Å². The van der Waals surface area contributed by atoms with Crippen LogP contribution in [0, 0.1) is 6.92 Å². The number of aryl methyl sites for hydroxylation is 1. The first-order valence-electron chi connectivity index (χ1n) is 14.2. The lowest BCUT2D eigenvalue weighted by Gasteiger charge is -2.19. The molecule has 5 rings (SSSR count). The molecular weight excluding hydrogens is 619 g/mol. The fraction of sp³-hybridized carbons (Fsp3) is 0.0556.